The monoisotopic (exact) mass is 748 g/mol. The van der Waals surface area contributed by atoms with Gasteiger partial charge in [-0.2, -0.15) is 0 Å². The van der Waals surface area contributed by atoms with E-state index in [1.807, 2.05) is 55.4 Å². The maximum Gasteiger partial charge on any atom is 0.0594 e. The molecule has 0 aromatic carbocycles. The van der Waals surface area contributed by atoms with Gasteiger partial charge in [0.05, 0.1) is 13.2 Å². The van der Waals surface area contributed by atoms with Crippen LogP contribution in [0.3, 0.4) is 0 Å². The molecular weight excluding hydrogens is 653 g/mol. The summed E-state index contributed by atoms with van der Waals surface area (Å²) in [6.45, 7) is 61.5. The molecule has 0 aliphatic carbocycles. The molecule has 0 N–H and O–H groups in total. The van der Waals surface area contributed by atoms with Crippen LogP contribution < -0.4 is 0 Å². The fraction of sp³-hybridized carbons (Fsp3) is 0.951. The molecule has 1 radical (unpaired) electrons. The Kier molecular flexibility index (Phi) is 45.1. The Morgan fingerprint density at radius 1 is 0.447 bits per heavy atom. The predicted molar refractivity (Wildman–Crippen MR) is 215 cm³/mol. The van der Waals surface area contributed by atoms with E-state index in [1.165, 1.54) is 58.3 Å². The molecule has 0 atom stereocenters. The van der Waals surface area contributed by atoms with Crippen LogP contribution in [0.4, 0.5) is 0 Å². The van der Waals surface area contributed by atoms with E-state index >= 15 is 0 Å². The number of ether oxygens (including phenoxy) is 1. The maximum atomic E-state index is 5.25. The molecule has 6 heteroatoms. The Hall–Kier alpha value is 0.904. The molecule has 3 heterocycles. The van der Waals surface area contributed by atoms with Gasteiger partial charge in [-0.1, -0.05) is 61.8 Å². The van der Waals surface area contributed by atoms with Crippen molar-refractivity contribution in [1.29, 1.82) is 0 Å². The molecule has 0 saturated carbocycles. The molecule has 0 unspecified atom stereocenters. The molecule has 3 aliphatic rings. The van der Waals surface area contributed by atoms with Crippen LogP contribution in [-0.2, 0) is 37.4 Å². The average Bonchev–Trinajstić information content (AvgIpc) is 3.59. The summed E-state index contributed by atoms with van der Waals surface area (Å²) in [5, 5.41) is 0. The van der Waals surface area contributed by atoms with Gasteiger partial charge in [-0.25, -0.2) is 0 Å². The number of nitrogens with zero attached hydrogens (tertiary/aromatic N) is 4. The van der Waals surface area contributed by atoms with E-state index in [-0.39, 0.29) is 38.2 Å². The fourth-order valence-corrected chi connectivity index (χ4v) is 4.97. The standard InChI is InChI=1S/C9H19N.C8H17NO.2C8H17N.4C2H6.Y/c1-9(2,3)10-7-5-4-6-8-10;1-8(2,3)9-4-6-10-7-5-9;1-8(2,3)9-6-4-5-7-9;1-6-9(7-2)8(3,4)5;4*1-2;/h4-8H2,1-3H3;4-7H2,1-3H3;4-7H2,1-3H3;1-2,6-7H2,3-5H3;4*1-2H3;/q;;;-2;;;;;. The number of likely N-dealkylation sites (tertiary alicyclic amines) is 2. The summed E-state index contributed by atoms with van der Waals surface area (Å²) in [7, 11) is 0. The SMILES string of the molecule is CC.CC.CC.CC.CC(C)(C)N1CCCC1.CC(C)(C)N1CCCCC1.CC(C)(C)N1CCOCC1.[CH2-]CN(C[CH2-])C(C)(C)C.[Y]. The molecule has 0 spiro atoms. The number of rotatable bonds is 2. The van der Waals surface area contributed by atoms with Gasteiger partial charge in [0.1, 0.15) is 0 Å². The van der Waals surface area contributed by atoms with Crippen molar-refractivity contribution in [2.45, 2.75) is 193 Å². The molecule has 3 saturated heterocycles. The van der Waals surface area contributed by atoms with E-state index < -0.39 is 0 Å². The topological polar surface area (TPSA) is 22.2 Å². The molecule has 3 rings (SSSR count). The van der Waals surface area contributed by atoms with Gasteiger partial charge in [-0.3, -0.25) is 14.7 Å². The third-order valence-electron chi connectivity index (χ3n) is 7.81. The first-order valence-corrected chi connectivity index (χ1v) is 19.5. The quantitative estimate of drug-likeness (QED) is 0.262. The number of hydrogen-bond acceptors (Lipinski definition) is 5. The van der Waals surface area contributed by atoms with Crippen LogP contribution >= 0.6 is 0 Å². The number of piperidine rings is 1. The van der Waals surface area contributed by atoms with Gasteiger partial charge in [-0.15, -0.1) is 13.1 Å². The van der Waals surface area contributed by atoms with E-state index in [9.17, 15) is 0 Å². The van der Waals surface area contributed by atoms with Crippen LogP contribution in [0.1, 0.15) is 171 Å². The molecule has 5 nitrogen and oxygen atoms in total. The molecule has 0 amide bonds. The van der Waals surface area contributed by atoms with Crippen LogP contribution in [0.5, 0.6) is 0 Å². The summed E-state index contributed by atoms with van der Waals surface area (Å²) in [6.07, 6.45) is 7.04. The van der Waals surface area contributed by atoms with Gasteiger partial charge in [0.25, 0.3) is 0 Å². The third-order valence-corrected chi connectivity index (χ3v) is 7.81. The molecule has 0 aromatic rings. The summed E-state index contributed by atoms with van der Waals surface area (Å²) < 4.78 is 5.25. The first-order chi connectivity index (χ1) is 21.3. The number of hydrogen-bond donors (Lipinski definition) is 0. The van der Waals surface area contributed by atoms with Gasteiger partial charge >= 0.3 is 0 Å². The van der Waals surface area contributed by atoms with Crippen LogP contribution in [0.15, 0.2) is 0 Å². The largest absolute Gasteiger partial charge is 0.379 e. The van der Waals surface area contributed by atoms with Gasteiger partial charge in [0, 0.05) is 68.0 Å². The van der Waals surface area contributed by atoms with Gasteiger partial charge in [0.15, 0.2) is 0 Å². The average molecular weight is 748 g/mol. The Bertz CT molecular complexity index is 526. The van der Waals surface area contributed by atoms with E-state index in [0.717, 1.165) is 39.4 Å². The molecule has 289 valence electrons. The summed E-state index contributed by atoms with van der Waals surface area (Å²) >= 11 is 0. The molecule has 0 bridgehead atoms. The van der Waals surface area contributed by atoms with Crippen LogP contribution in [0.2, 0.25) is 0 Å². The maximum absolute atomic E-state index is 5.25. The minimum atomic E-state index is 0. The first-order valence-electron chi connectivity index (χ1n) is 19.5. The van der Waals surface area contributed by atoms with Crippen LogP contribution in [0.25, 0.3) is 0 Å². The van der Waals surface area contributed by atoms with Crippen molar-refractivity contribution >= 4 is 0 Å². The Balaban J connectivity index is -0.000000110. The van der Waals surface area contributed by atoms with Crippen LogP contribution in [0, 0.1) is 13.8 Å². The van der Waals surface area contributed by atoms with Gasteiger partial charge < -0.3 is 23.5 Å². The Morgan fingerprint density at radius 2 is 0.681 bits per heavy atom. The van der Waals surface area contributed by atoms with Crippen molar-refractivity contribution in [3.05, 3.63) is 13.8 Å². The first kappa shape index (κ1) is 60.0. The van der Waals surface area contributed by atoms with E-state index in [4.69, 9.17) is 4.74 Å². The van der Waals surface area contributed by atoms with E-state index in [2.05, 4.69) is 117 Å². The van der Waals surface area contributed by atoms with E-state index in [1.54, 1.807) is 0 Å². The molecule has 0 aromatic heterocycles. The van der Waals surface area contributed by atoms with Gasteiger partial charge in [-0.05, 0) is 135 Å². The molecule has 3 aliphatic heterocycles. The van der Waals surface area contributed by atoms with Crippen molar-refractivity contribution in [3.63, 3.8) is 0 Å². The van der Waals surface area contributed by atoms with Crippen molar-refractivity contribution in [2.75, 3.05) is 65.6 Å². The zero-order valence-corrected chi connectivity index (χ0v) is 39.6. The van der Waals surface area contributed by atoms with Crippen LogP contribution in [-0.4, -0.2) is 107 Å². The summed E-state index contributed by atoms with van der Waals surface area (Å²) in [5.41, 5.74) is 1.37. The second-order valence-electron chi connectivity index (χ2n) is 15.0. The minimum Gasteiger partial charge on any atom is -0.379 e. The zero-order chi connectivity index (χ0) is 37.6. The van der Waals surface area contributed by atoms with Crippen molar-refractivity contribution in [2.24, 2.45) is 0 Å². The smallest absolute Gasteiger partial charge is 0.0594 e. The normalized spacial score (nSPS) is 17.2. The second-order valence-corrected chi connectivity index (χ2v) is 15.0. The molecular formula is C41H94N4OY-2. The number of morpholine rings is 1. The van der Waals surface area contributed by atoms with Crippen molar-refractivity contribution < 1.29 is 37.4 Å². The second kappa shape index (κ2) is 35.3. The predicted octanol–water partition coefficient (Wildman–Crippen LogP) is 11.1. The van der Waals surface area contributed by atoms with Crippen molar-refractivity contribution in [1.82, 2.24) is 19.6 Å². The minimum absolute atomic E-state index is 0. The summed E-state index contributed by atoms with van der Waals surface area (Å²) in [5.74, 6) is 0. The fourth-order valence-electron chi connectivity index (χ4n) is 4.97. The molecule has 3 fully saturated rings. The zero-order valence-electron chi connectivity index (χ0n) is 36.8. The molecule has 47 heavy (non-hydrogen) atoms. The van der Waals surface area contributed by atoms with E-state index in [0.29, 0.717) is 16.6 Å². The Morgan fingerprint density at radius 3 is 0.830 bits per heavy atom. The van der Waals surface area contributed by atoms with Gasteiger partial charge in [0.2, 0.25) is 0 Å². The Labute approximate surface area is 327 Å². The van der Waals surface area contributed by atoms with Crippen molar-refractivity contribution in [3.8, 4) is 0 Å². The summed E-state index contributed by atoms with van der Waals surface area (Å²) in [4.78, 5) is 9.80. The summed E-state index contributed by atoms with van der Waals surface area (Å²) in [6, 6.07) is 0. The third kappa shape index (κ3) is 35.1.